The molecule has 0 aliphatic heterocycles. The number of nitrogens with two attached hydrogens (primary N) is 2. The molecule has 0 saturated carbocycles. The van der Waals surface area contributed by atoms with Crippen LogP contribution in [-0.2, 0) is 4.79 Å². The summed E-state index contributed by atoms with van der Waals surface area (Å²) in [4.78, 5) is 13.9. The van der Waals surface area contributed by atoms with Gasteiger partial charge in [0.2, 0.25) is 0 Å². The largest absolute Gasteiger partial charge is 0.480 e. The summed E-state index contributed by atoms with van der Waals surface area (Å²) in [5.74, 6) is -1.09. The van der Waals surface area contributed by atoms with Crippen LogP contribution < -0.4 is 11.5 Å². The van der Waals surface area contributed by atoms with Crippen LogP contribution in [0.2, 0.25) is 0 Å². The Balaban J connectivity index is 0.000000315. The number of nitrogens with one attached hydrogen (secondary N) is 1. The molecule has 1 heterocycles. The Bertz CT molecular complexity index is 289. The maximum atomic E-state index is 10.1. The minimum atomic E-state index is -1.05. The van der Waals surface area contributed by atoms with Crippen molar-refractivity contribution in [3.63, 3.8) is 0 Å². The second-order valence-electron chi connectivity index (χ2n) is 3.03. The SMILES string of the molecule is N=C(N)CCC(N)C(=O)O.c1ccncc1. The van der Waals surface area contributed by atoms with Crippen LogP contribution >= 0.6 is 0 Å². The molecular formula is C10H16N4O2. The third kappa shape index (κ3) is 8.64. The molecule has 1 unspecified atom stereocenters. The smallest absolute Gasteiger partial charge is 0.320 e. The van der Waals surface area contributed by atoms with Gasteiger partial charge < -0.3 is 16.6 Å². The highest BCUT2D eigenvalue weighted by molar-refractivity contribution is 5.78. The standard InChI is InChI=1S/C5H11N3O2.C5H5N/c6-3(5(9)10)1-2-4(7)8;1-2-4-6-5-3-1/h3H,1-2,6H2,(H3,7,8)(H,9,10);1-5H. The van der Waals surface area contributed by atoms with E-state index in [0.29, 0.717) is 0 Å². The zero-order valence-corrected chi connectivity index (χ0v) is 8.84. The second-order valence-corrected chi connectivity index (χ2v) is 3.03. The van der Waals surface area contributed by atoms with Gasteiger partial charge in [0, 0.05) is 18.8 Å². The fourth-order valence-corrected chi connectivity index (χ4v) is 0.747. The number of pyridine rings is 1. The highest BCUT2D eigenvalue weighted by Crippen LogP contribution is 1.92. The lowest BCUT2D eigenvalue weighted by molar-refractivity contribution is -0.138. The van der Waals surface area contributed by atoms with Crippen molar-refractivity contribution in [2.75, 3.05) is 0 Å². The predicted molar refractivity (Wildman–Crippen MR) is 61.0 cm³/mol. The van der Waals surface area contributed by atoms with Gasteiger partial charge in [0.15, 0.2) is 0 Å². The van der Waals surface area contributed by atoms with Crippen LogP contribution in [0.1, 0.15) is 12.8 Å². The van der Waals surface area contributed by atoms with Crippen LogP contribution in [0, 0.1) is 5.41 Å². The third-order valence-corrected chi connectivity index (χ3v) is 1.61. The molecule has 1 atom stereocenters. The van der Waals surface area contributed by atoms with Gasteiger partial charge in [-0.05, 0) is 18.6 Å². The number of carbonyl (C=O) groups is 1. The van der Waals surface area contributed by atoms with Crippen LogP contribution in [0.4, 0.5) is 0 Å². The first-order valence-electron chi connectivity index (χ1n) is 4.70. The number of amidine groups is 1. The van der Waals surface area contributed by atoms with Gasteiger partial charge in [-0.25, -0.2) is 0 Å². The fourth-order valence-electron chi connectivity index (χ4n) is 0.747. The minimum absolute atomic E-state index is 0.0308. The van der Waals surface area contributed by atoms with E-state index in [2.05, 4.69) is 4.98 Å². The Kier molecular flexibility index (Phi) is 7.35. The first-order valence-corrected chi connectivity index (χ1v) is 4.70. The van der Waals surface area contributed by atoms with Crippen molar-refractivity contribution in [1.29, 1.82) is 5.41 Å². The van der Waals surface area contributed by atoms with E-state index in [4.69, 9.17) is 22.0 Å². The van der Waals surface area contributed by atoms with Crippen molar-refractivity contribution < 1.29 is 9.90 Å². The summed E-state index contributed by atoms with van der Waals surface area (Å²) in [6, 6.07) is 4.82. The summed E-state index contributed by atoms with van der Waals surface area (Å²) in [5.41, 5.74) is 10.1. The van der Waals surface area contributed by atoms with Gasteiger partial charge in [-0.2, -0.15) is 0 Å². The summed E-state index contributed by atoms with van der Waals surface area (Å²) < 4.78 is 0. The van der Waals surface area contributed by atoms with Crippen LogP contribution in [0.5, 0.6) is 0 Å². The monoisotopic (exact) mass is 224 g/mol. The van der Waals surface area contributed by atoms with Gasteiger partial charge >= 0.3 is 5.97 Å². The average Bonchev–Trinajstić information content (AvgIpc) is 2.28. The number of carboxylic acid groups (broad SMARTS) is 1. The molecule has 88 valence electrons. The molecule has 0 aliphatic carbocycles. The molecular weight excluding hydrogens is 208 g/mol. The van der Waals surface area contributed by atoms with Crippen LogP contribution in [-0.4, -0.2) is 27.9 Å². The van der Waals surface area contributed by atoms with E-state index in [9.17, 15) is 4.79 Å². The molecule has 1 aromatic rings. The molecule has 0 amide bonds. The number of aliphatic carboxylic acids is 1. The first-order chi connectivity index (χ1) is 7.54. The topological polar surface area (TPSA) is 126 Å². The Hall–Kier alpha value is -1.95. The summed E-state index contributed by atoms with van der Waals surface area (Å²) in [6.07, 6.45) is 3.97. The molecule has 0 aliphatic rings. The number of nitrogens with zero attached hydrogens (tertiary/aromatic N) is 1. The third-order valence-electron chi connectivity index (χ3n) is 1.61. The fraction of sp³-hybridized carbons (Fsp3) is 0.300. The van der Waals surface area contributed by atoms with Crippen LogP contribution in [0.25, 0.3) is 0 Å². The molecule has 0 radical (unpaired) electrons. The Labute approximate surface area is 93.8 Å². The number of rotatable bonds is 4. The lowest BCUT2D eigenvalue weighted by Gasteiger charge is -2.03. The lowest BCUT2D eigenvalue weighted by Crippen LogP contribution is -2.31. The van der Waals surface area contributed by atoms with E-state index >= 15 is 0 Å². The van der Waals surface area contributed by atoms with Gasteiger partial charge in [-0.15, -0.1) is 0 Å². The van der Waals surface area contributed by atoms with Crippen molar-refractivity contribution in [3.8, 4) is 0 Å². The molecule has 1 rings (SSSR count). The quantitative estimate of drug-likeness (QED) is 0.429. The first kappa shape index (κ1) is 14.1. The molecule has 6 heteroatoms. The summed E-state index contributed by atoms with van der Waals surface area (Å²) >= 11 is 0. The Morgan fingerprint density at radius 2 is 1.94 bits per heavy atom. The van der Waals surface area contributed by atoms with E-state index < -0.39 is 12.0 Å². The predicted octanol–water partition coefficient (Wildman–Crippen LogP) is 0.196. The molecule has 6 nitrogen and oxygen atoms in total. The second kappa shape index (κ2) is 8.37. The van der Waals surface area contributed by atoms with Crippen LogP contribution in [0.3, 0.4) is 0 Å². The summed E-state index contributed by atoms with van der Waals surface area (Å²) in [7, 11) is 0. The van der Waals surface area contributed by atoms with E-state index in [-0.39, 0.29) is 18.7 Å². The van der Waals surface area contributed by atoms with Gasteiger partial charge in [0.05, 0.1) is 5.84 Å². The van der Waals surface area contributed by atoms with Crippen molar-refractivity contribution in [1.82, 2.24) is 4.98 Å². The summed E-state index contributed by atoms with van der Waals surface area (Å²) in [5, 5.41) is 15.0. The Morgan fingerprint density at radius 1 is 1.38 bits per heavy atom. The van der Waals surface area contributed by atoms with Gasteiger partial charge in [0.1, 0.15) is 6.04 Å². The molecule has 1 aromatic heterocycles. The lowest BCUT2D eigenvalue weighted by atomic mass is 10.1. The minimum Gasteiger partial charge on any atom is -0.480 e. The number of aromatic nitrogens is 1. The number of hydrogen-bond acceptors (Lipinski definition) is 4. The molecule has 0 fully saturated rings. The zero-order chi connectivity index (χ0) is 12.4. The van der Waals surface area contributed by atoms with Gasteiger partial charge in [-0.3, -0.25) is 15.2 Å². The van der Waals surface area contributed by atoms with E-state index in [1.54, 1.807) is 12.4 Å². The van der Waals surface area contributed by atoms with Gasteiger partial charge in [-0.1, -0.05) is 6.07 Å². The average molecular weight is 224 g/mol. The summed E-state index contributed by atoms with van der Waals surface area (Å²) in [6.45, 7) is 0. The number of carboxylic acids is 1. The normalized spacial score (nSPS) is 10.8. The molecule has 0 saturated heterocycles. The number of hydrogen-bond donors (Lipinski definition) is 4. The van der Waals surface area contributed by atoms with E-state index in [1.165, 1.54) is 0 Å². The van der Waals surface area contributed by atoms with Gasteiger partial charge in [0.25, 0.3) is 0 Å². The van der Waals surface area contributed by atoms with Crippen molar-refractivity contribution >= 4 is 11.8 Å². The van der Waals surface area contributed by atoms with Crippen molar-refractivity contribution in [3.05, 3.63) is 30.6 Å². The Morgan fingerprint density at radius 3 is 2.19 bits per heavy atom. The molecule has 6 N–H and O–H groups in total. The van der Waals surface area contributed by atoms with Crippen molar-refractivity contribution in [2.45, 2.75) is 18.9 Å². The maximum absolute atomic E-state index is 10.1. The molecule has 0 aromatic carbocycles. The highest BCUT2D eigenvalue weighted by Gasteiger charge is 2.10. The highest BCUT2D eigenvalue weighted by atomic mass is 16.4. The zero-order valence-electron chi connectivity index (χ0n) is 8.84. The molecule has 16 heavy (non-hydrogen) atoms. The van der Waals surface area contributed by atoms with E-state index in [1.807, 2.05) is 18.2 Å². The van der Waals surface area contributed by atoms with E-state index in [0.717, 1.165) is 0 Å². The van der Waals surface area contributed by atoms with Crippen LogP contribution in [0.15, 0.2) is 30.6 Å². The maximum Gasteiger partial charge on any atom is 0.320 e. The molecule has 0 spiro atoms. The molecule has 0 bridgehead atoms. The van der Waals surface area contributed by atoms with Crippen molar-refractivity contribution in [2.24, 2.45) is 11.5 Å².